The standard InChI is InChI=1S/C10H7F2NO2/c11-10(12)15-8-3-1-7(2-4-8)9(14)5-6-13/h1-4,10H,5H2. The highest BCUT2D eigenvalue weighted by molar-refractivity contribution is 5.97. The van der Waals surface area contributed by atoms with E-state index in [-0.39, 0.29) is 18.0 Å². The quantitative estimate of drug-likeness (QED) is 0.718. The van der Waals surface area contributed by atoms with Gasteiger partial charge in [-0.15, -0.1) is 0 Å². The molecule has 1 aromatic rings. The number of hydrogen-bond donors (Lipinski definition) is 0. The van der Waals surface area contributed by atoms with Crippen molar-refractivity contribution >= 4 is 5.78 Å². The Labute approximate surface area is 84.9 Å². The first-order valence-electron chi connectivity index (χ1n) is 4.08. The molecule has 1 aromatic carbocycles. The first-order chi connectivity index (χ1) is 7.13. The van der Waals surface area contributed by atoms with Crippen LogP contribution in [0.4, 0.5) is 8.78 Å². The van der Waals surface area contributed by atoms with E-state index in [1.165, 1.54) is 24.3 Å². The molecule has 0 amide bonds. The van der Waals surface area contributed by atoms with E-state index in [1.807, 2.05) is 0 Å². The molecule has 0 N–H and O–H groups in total. The summed E-state index contributed by atoms with van der Waals surface area (Å²) in [6, 6.07) is 6.92. The van der Waals surface area contributed by atoms with Gasteiger partial charge in [0.05, 0.1) is 12.5 Å². The van der Waals surface area contributed by atoms with Gasteiger partial charge in [0, 0.05) is 5.56 Å². The molecule has 0 aliphatic heterocycles. The van der Waals surface area contributed by atoms with Crippen LogP contribution in [0.3, 0.4) is 0 Å². The van der Waals surface area contributed by atoms with Crippen LogP contribution >= 0.6 is 0 Å². The predicted molar refractivity (Wildman–Crippen MR) is 47.6 cm³/mol. The summed E-state index contributed by atoms with van der Waals surface area (Å²) in [4.78, 5) is 11.2. The molecule has 78 valence electrons. The van der Waals surface area contributed by atoms with Crippen molar-refractivity contribution in [3.8, 4) is 11.8 Å². The second kappa shape index (κ2) is 5.05. The summed E-state index contributed by atoms with van der Waals surface area (Å²) in [6.45, 7) is -2.88. The molecule has 0 aliphatic carbocycles. The number of benzene rings is 1. The van der Waals surface area contributed by atoms with E-state index < -0.39 is 6.61 Å². The molecule has 1 rings (SSSR count). The summed E-state index contributed by atoms with van der Waals surface area (Å²) in [6.07, 6.45) is -0.227. The molecular weight excluding hydrogens is 204 g/mol. The Bertz CT molecular complexity index is 381. The van der Waals surface area contributed by atoms with Crippen LogP contribution in [0.2, 0.25) is 0 Å². The number of Topliss-reactive ketones (excluding diaryl/α,β-unsaturated/α-hetero) is 1. The molecule has 0 saturated heterocycles. The number of nitrogens with zero attached hydrogens (tertiary/aromatic N) is 1. The maximum Gasteiger partial charge on any atom is 0.387 e. The number of hydrogen-bond acceptors (Lipinski definition) is 3. The number of carbonyl (C=O) groups is 1. The highest BCUT2D eigenvalue weighted by atomic mass is 19.3. The number of halogens is 2. The van der Waals surface area contributed by atoms with Crippen molar-refractivity contribution in [1.29, 1.82) is 5.26 Å². The summed E-state index contributed by atoms with van der Waals surface area (Å²) >= 11 is 0. The van der Waals surface area contributed by atoms with Crippen molar-refractivity contribution in [2.24, 2.45) is 0 Å². The van der Waals surface area contributed by atoms with E-state index >= 15 is 0 Å². The summed E-state index contributed by atoms with van der Waals surface area (Å²) in [5, 5.41) is 8.28. The van der Waals surface area contributed by atoms with Gasteiger partial charge < -0.3 is 4.74 Å². The SMILES string of the molecule is N#CCC(=O)c1ccc(OC(F)F)cc1. The predicted octanol–water partition coefficient (Wildman–Crippen LogP) is 2.38. The van der Waals surface area contributed by atoms with Crippen molar-refractivity contribution in [3.05, 3.63) is 29.8 Å². The fraction of sp³-hybridized carbons (Fsp3) is 0.200. The molecule has 0 aliphatic rings. The number of alkyl halides is 2. The van der Waals surface area contributed by atoms with Crippen LogP contribution < -0.4 is 4.74 Å². The van der Waals surface area contributed by atoms with Gasteiger partial charge in [0.15, 0.2) is 5.78 Å². The molecule has 0 unspecified atom stereocenters. The summed E-state index contributed by atoms with van der Waals surface area (Å²) < 4.78 is 27.6. The molecule has 0 radical (unpaired) electrons. The fourth-order valence-electron chi connectivity index (χ4n) is 0.996. The first-order valence-corrected chi connectivity index (χ1v) is 4.08. The summed E-state index contributed by atoms with van der Waals surface area (Å²) in [7, 11) is 0. The van der Waals surface area contributed by atoms with Gasteiger partial charge in [-0.3, -0.25) is 4.79 Å². The highest BCUT2D eigenvalue weighted by Gasteiger charge is 2.07. The topological polar surface area (TPSA) is 50.1 Å². The summed E-state index contributed by atoms with van der Waals surface area (Å²) in [5.74, 6) is -0.361. The van der Waals surface area contributed by atoms with Crippen LogP contribution in [-0.2, 0) is 0 Å². The number of ether oxygens (including phenoxy) is 1. The van der Waals surface area contributed by atoms with E-state index in [0.717, 1.165) is 0 Å². The van der Waals surface area contributed by atoms with Crippen LogP contribution in [0.15, 0.2) is 24.3 Å². The smallest absolute Gasteiger partial charge is 0.387 e. The number of carbonyl (C=O) groups excluding carboxylic acids is 1. The third-order valence-corrected chi connectivity index (χ3v) is 1.64. The molecule has 0 saturated carbocycles. The molecule has 0 fully saturated rings. The zero-order valence-electron chi connectivity index (χ0n) is 7.61. The van der Waals surface area contributed by atoms with Gasteiger partial charge in [-0.2, -0.15) is 14.0 Å². The monoisotopic (exact) mass is 211 g/mol. The molecular formula is C10H7F2NO2. The van der Waals surface area contributed by atoms with E-state index in [1.54, 1.807) is 6.07 Å². The van der Waals surface area contributed by atoms with E-state index in [9.17, 15) is 13.6 Å². The Kier molecular flexibility index (Phi) is 3.75. The van der Waals surface area contributed by atoms with E-state index in [0.29, 0.717) is 5.56 Å². The minimum atomic E-state index is -2.88. The first kappa shape index (κ1) is 11.1. The van der Waals surface area contributed by atoms with Crippen LogP contribution in [0, 0.1) is 11.3 Å². The van der Waals surface area contributed by atoms with Gasteiger partial charge in [-0.05, 0) is 24.3 Å². The van der Waals surface area contributed by atoms with Crippen molar-refractivity contribution < 1.29 is 18.3 Å². The average molecular weight is 211 g/mol. The Hall–Kier alpha value is -1.96. The number of nitriles is 1. The van der Waals surface area contributed by atoms with Crippen LogP contribution in [0.1, 0.15) is 16.8 Å². The van der Waals surface area contributed by atoms with Crippen LogP contribution in [0.5, 0.6) is 5.75 Å². The number of ketones is 1. The number of rotatable bonds is 4. The van der Waals surface area contributed by atoms with Crippen molar-refractivity contribution in [2.75, 3.05) is 0 Å². The second-order valence-electron chi connectivity index (χ2n) is 2.66. The lowest BCUT2D eigenvalue weighted by atomic mass is 10.1. The molecule has 0 atom stereocenters. The highest BCUT2D eigenvalue weighted by Crippen LogP contribution is 2.15. The summed E-state index contributed by atoms with van der Waals surface area (Å²) in [5.41, 5.74) is 0.304. The zero-order valence-corrected chi connectivity index (χ0v) is 7.61. The molecule has 0 spiro atoms. The van der Waals surface area contributed by atoms with Gasteiger partial charge >= 0.3 is 6.61 Å². The Morgan fingerprint density at radius 1 is 1.40 bits per heavy atom. The Balaban J connectivity index is 2.73. The van der Waals surface area contributed by atoms with Crippen LogP contribution in [-0.4, -0.2) is 12.4 Å². The lowest BCUT2D eigenvalue weighted by Gasteiger charge is -2.04. The second-order valence-corrected chi connectivity index (χ2v) is 2.66. The normalized spacial score (nSPS) is 9.73. The third kappa shape index (κ3) is 3.35. The van der Waals surface area contributed by atoms with Gasteiger partial charge in [-0.25, -0.2) is 0 Å². The third-order valence-electron chi connectivity index (χ3n) is 1.64. The van der Waals surface area contributed by atoms with Gasteiger partial charge in [0.25, 0.3) is 0 Å². The molecule has 5 heteroatoms. The molecule has 0 bridgehead atoms. The zero-order chi connectivity index (χ0) is 11.3. The maximum atomic E-state index is 11.8. The van der Waals surface area contributed by atoms with Crippen LogP contribution in [0.25, 0.3) is 0 Å². The fourth-order valence-corrected chi connectivity index (χ4v) is 0.996. The lowest BCUT2D eigenvalue weighted by Crippen LogP contribution is -2.02. The molecule has 3 nitrogen and oxygen atoms in total. The van der Waals surface area contributed by atoms with Crippen molar-refractivity contribution in [2.45, 2.75) is 13.0 Å². The molecule has 0 heterocycles. The van der Waals surface area contributed by atoms with Crippen molar-refractivity contribution in [3.63, 3.8) is 0 Å². The largest absolute Gasteiger partial charge is 0.435 e. The Morgan fingerprint density at radius 3 is 2.47 bits per heavy atom. The minimum absolute atomic E-state index is 0.0153. The average Bonchev–Trinajstić information content (AvgIpc) is 2.18. The lowest BCUT2D eigenvalue weighted by molar-refractivity contribution is -0.0498. The van der Waals surface area contributed by atoms with E-state index in [2.05, 4.69) is 4.74 Å². The van der Waals surface area contributed by atoms with Crippen molar-refractivity contribution in [1.82, 2.24) is 0 Å². The maximum absolute atomic E-state index is 11.8. The van der Waals surface area contributed by atoms with Gasteiger partial charge in [0.1, 0.15) is 5.75 Å². The van der Waals surface area contributed by atoms with Gasteiger partial charge in [-0.1, -0.05) is 0 Å². The molecule has 15 heavy (non-hydrogen) atoms. The van der Waals surface area contributed by atoms with Gasteiger partial charge in [0.2, 0.25) is 0 Å². The Morgan fingerprint density at radius 2 is 2.00 bits per heavy atom. The van der Waals surface area contributed by atoms with E-state index in [4.69, 9.17) is 5.26 Å². The minimum Gasteiger partial charge on any atom is -0.435 e. The molecule has 0 aromatic heterocycles.